The third-order valence-corrected chi connectivity index (χ3v) is 4.66. The van der Waals surface area contributed by atoms with Crippen molar-refractivity contribution in [3.05, 3.63) is 52.8 Å². The number of rotatable bonds is 3. The predicted octanol–water partition coefficient (Wildman–Crippen LogP) is 4.56. The molecule has 0 bridgehead atoms. The van der Waals surface area contributed by atoms with Crippen LogP contribution in [0.5, 0.6) is 0 Å². The Kier molecular flexibility index (Phi) is 4.26. The Morgan fingerprint density at radius 2 is 2.00 bits per heavy atom. The van der Waals surface area contributed by atoms with Crippen LogP contribution in [0.4, 0.5) is 0 Å². The maximum absolute atomic E-state index is 9.21. The fraction of sp³-hybridized carbons (Fsp3) is 0.500. The lowest BCUT2D eigenvalue weighted by atomic mass is 9.82. The first kappa shape index (κ1) is 15.8. The first-order valence-corrected chi connectivity index (χ1v) is 8.52. The molecule has 0 aliphatic heterocycles. The molecule has 3 heteroatoms. The Morgan fingerprint density at radius 3 is 2.65 bits per heavy atom. The van der Waals surface area contributed by atoms with Crippen molar-refractivity contribution < 1.29 is 0 Å². The molecule has 120 valence electrons. The summed E-state index contributed by atoms with van der Waals surface area (Å²) in [4.78, 5) is 0. The van der Waals surface area contributed by atoms with E-state index < -0.39 is 0 Å². The van der Waals surface area contributed by atoms with Crippen molar-refractivity contribution in [2.45, 2.75) is 64.3 Å². The molecule has 1 unspecified atom stereocenters. The number of hydrogen-bond acceptors (Lipinski definition) is 2. The molecule has 0 saturated heterocycles. The molecule has 0 amide bonds. The summed E-state index contributed by atoms with van der Waals surface area (Å²) in [6.45, 7) is 6.63. The second kappa shape index (κ2) is 6.20. The summed E-state index contributed by atoms with van der Waals surface area (Å²) < 4.78 is 2.21. The molecule has 23 heavy (non-hydrogen) atoms. The van der Waals surface area contributed by atoms with Crippen molar-refractivity contribution in [3.8, 4) is 6.07 Å². The average Bonchev–Trinajstić information content (AvgIpc) is 2.89. The zero-order valence-corrected chi connectivity index (χ0v) is 14.3. The number of benzene rings is 1. The third-order valence-electron chi connectivity index (χ3n) is 4.66. The van der Waals surface area contributed by atoms with Crippen LogP contribution in [0.1, 0.15) is 68.5 Å². The molecule has 0 fully saturated rings. The topological polar surface area (TPSA) is 41.6 Å². The Balaban J connectivity index is 2.08. The van der Waals surface area contributed by atoms with E-state index in [1.54, 1.807) is 0 Å². The monoisotopic (exact) mass is 307 g/mol. The van der Waals surface area contributed by atoms with E-state index in [4.69, 9.17) is 5.10 Å². The Bertz CT molecular complexity index is 714. The van der Waals surface area contributed by atoms with Crippen molar-refractivity contribution >= 4 is 0 Å². The van der Waals surface area contributed by atoms with Gasteiger partial charge in [-0.1, -0.05) is 30.3 Å². The van der Waals surface area contributed by atoms with Crippen LogP contribution in [0.3, 0.4) is 0 Å². The second-order valence-corrected chi connectivity index (χ2v) is 7.50. The van der Waals surface area contributed by atoms with Gasteiger partial charge in [0.05, 0.1) is 17.3 Å². The molecule has 1 aromatic heterocycles. The Morgan fingerprint density at radius 1 is 1.26 bits per heavy atom. The van der Waals surface area contributed by atoms with Crippen LogP contribution in [0.2, 0.25) is 0 Å². The molecule has 1 aromatic carbocycles. The summed E-state index contributed by atoms with van der Waals surface area (Å²) in [5.74, 6) is 0.346. The van der Waals surface area contributed by atoms with Gasteiger partial charge in [0.25, 0.3) is 0 Å². The van der Waals surface area contributed by atoms with Gasteiger partial charge in [-0.25, -0.2) is 0 Å². The molecule has 0 radical (unpaired) electrons. The van der Waals surface area contributed by atoms with E-state index in [1.807, 2.05) is 6.07 Å². The van der Waals surface area contributed by atoms with Gasteiger partial charge in [0.1, 0.15) is 0 Å². The largest absolute Gasteiger partial charge is 0.264 e. The molecular formula is C20H25N3. The van der Waals surface area contributed by atoms with E-state index >= 15 is 0 Å². The second-order valence-electron chi connectivity index (χ2n) is 7.50. The highest BCUT2D eigenvalue weighted by atomic mass is 15.3. The Hall–Kier alpha value is -2.08. The zero-order valence-electron chi connectivity index (χ0n) is 14.3. The zero-order chi connectivity index (χ0) is 16.4. The summed E-state index contributed by atoms with van der Waals surface area (Å²) in [7, 11) is 0. The van der Waals surface area contributed by atoms with Crippen LogP contribution < -0.4 is 0 Å². The molecule has 3 nitrogen and oxygen atoms in total. The molecule has 2 aromatic rings. The van der Waals surface area contributed by atoms with Gasteiger partial charge in [-0.05, 0) is 45.6 Å². The lowest BCUT2D eigenvalue weighted by Gasteiger charge is -2.27. The Labute approximate surface area is 138 Å². The van der Waals surface area contributed by atoms with Crippen LogP contribution >= 0.6 is 0 Å². The molecular weight excluding hydrogens is 282 g/mol. The van der Waals surface area contributed by atoms with E-state index in [2.05, 4.69) is 55.8 Å². The lowest BCUT2D eigenvalue weighted by molar-refractivity contribution is 0.336. The SMILES string of the molecule is CC(C)(C)n1nc(Cc2ccccc2)c2c1CCCC2CC#N. The minimum Gasteiger partial charge on any atom is -0.264 e. The van der Waals surface area contributed by atoms with E-state index in [9.17, 15) is 5.26 Å². The molecule has 0 spiro atoms. The molecule has 1 aliphatic rings. The van der Waals surface area contributed by atoms with Crippen molar-refractivity contribution in [2.24, 2.45) is 0 Å². The molecule has 0 N–H and O–H groups in total. The summed E-state index contributed by atoms with van der Waals surface area (Å²) in [6.07, 6.45) is 4.80. The highest BCUT2D eigenvalue weighted by Gasteiger charge is 2.31. The van der Waals surface area contributed by atoms with Gasteiger partial charge in [0, 0.05) is 30.0 Å². The van der Waals surface area contributed by atoms with Gasteiger partial charge in [-0.2, -0.15) is 10.4 Å². The van der Waals surface area contributed by atoms with Gasteiger partial charge < -0.3 is 0 Å². The van der Waals surface area contributed by atoms with Crippen molar-refractivity contribution in [3.63, 3.8) is 0 Å². The fourth-order valence-corrected chi connectivity index (χ4v) is 3.68. The van der Waals surface area contributed by atoms with Crippen molar-refractivity contribution in [2.75, 3.05) is 0 Å². The fourth-order valence-electron chi connectivity index (χ4n) is 3.68. The normalized spacial score (nSPS) is 17.6. The van der Waals surface area contributed by atoms with Crippen LogP contribution in [0.25, 0.3) is 0 Å². The standard InChI is InChI=1S/C20H25N3/c1-20(2,3)23-18-11-7-10-16(12-13-21)19(18)17(22-23)14-15-8-5-4-6-9-15/h4-6,8-9,16H,7,10-12,14H2,1-3H3. The number of nitrogens with zero attached hydrogens (tertiary/aromatic N) is 3. The number of aromatic nitrogens is 2. The molecule has 1 atom stereocenters. The van der Waals surface area contributed by atoms with Crippen LogP contribution in [-0.4, -0.2) is 9.78 Å². The number of hydrogen-bond donors (Lipinski definition) is 0. The van der Waals surface area contributed by atoms with Crippen molar-refractivity contribution in [1.82, 2.24) is 9.78 Å². The summed E-state index contributed by atoms with van der Waals surface area (Å²) in [6, 6.07) is 12.9. The number of fused-ring (bicyclic) bond motifs is 1. The van der Waals surface area contributed by atoms with Crippen molar-refractivity contribution in [1.29, 1.82) is 5.26 Å². The van der Waals surface area contributed by atoms with Gasteiger partial charge in [-0.3, -0.25) is 4.68 Å². The number of nitriles is 1. The minimum atomic E-state index is -0.0203. The molecule has 1 heterocycles. The minimum absolute atomic E-state index is 0.0203. The molecule has 3 rings (SSSR count). The lowest BCUT2D eigenvalue weighted by Crippen LogP contribution is -2.26. The van der Waals surface area contributed by atoms with E-state index in [1.165, 1.54) is 22.5 Å². The van der Waals surface area contributed by atoms with E-state index in [-0.39, 0.29) is 5.54 Å². The summed E-state index contributed by atoms with van der Waals surface area (Å²) >= 11 is 0. The average molecular weight is 307 g/mol. The maximum atomic E-state index is 9.21. The highest BCUT2D eigenvalue weighted by Crippen LogP contribution is 2.38. The first-order valence-electron chi connectivity index (χ1n) is 8.52. The van der Waals surface area contributed by atoms with Gasteiger partial charge in [-0.15, -0.1) is 0 Å². The first-order chi connectivity index (χ1) is 11.0. The van der Waals surface area contributed by atoms with Gasteiger partial charge >= 0.3 is 0 Å². The van der Waals surface area contributed by atoms with E-state index in [0.717, 1.165) is 25.7 Å². The van der Waals surface area contributed by atoms with Crippen LogP contribution in [-0.2, 0) is 18.4 Å². The van der Waals surface area contributed by atoms with Crippen LogP contribution in [0.15, 0.2) is 30.3 Å². The molecule has 0 saturated carbocycles. The van der Waals surface area contributed by atoms with Gasteiger partial charge in [0.15, 0.2) is 0 Å². The highest BCUT2D eigenvalue weighted by molar-refractivity contribution is 5.37. The summed E-state index contributed by atoms with van der Waals surface area (Å²) in [5, 5.41) is 14.2. The van der Waals surface area contributed by atoms with Crippen LogP contribution in [0, 0.1) is 11.3 Å². The van der Waals surface area contributed by atoms with E-state index in [0.29, 0.717) is 12.3 Å². The summed E-state index contributed by atoms with van der Waals surface area (Å²) in [5.41, 5.74) is 5.15. The smallest absolute Gasteiger partial charge is 0.0706 e. The molecule has 1 aliphatic carbocycles. The van der Waals surface area contributed by atoms with Gasteiger partial charge in [0.2, 0.25) is 0 Å². The third kappa shape index (κ3) is 3.17. The quantitative estimate of drug-likeness (QED) is 0.834. The maximum Gasteiger partial charge on any atom is 0.0706 e. The predicted molar refractivity (Wildman–Crippen MR) is 92.4 cm³/mol.